The van der Waals surface area contributed by atoms with Gasteiger partial charge in [0.2, 0.25) is 5.91 Å². The monoisotopic (exact) mass is 182 g/mol. The highest BCUT2D eigenvalue weighted by Gasteiger charge is 1.95. The van der Waals surface area contributed by atoms with Crippen LogP contribution < -0.4 is 5.32 Å². The maximum absolute atomic E-state index is 10.7. The Balaban J connectivity index is 2.97. The fourth-order valence-electron chi connectivity index (χ4n) is 0.873. The summed E-state index contributed by atoms with van der Waals surface area (Å²) >= 11 is 4.96. The number of aromatic amines is 1. The predicted octanol–water partition coefficient (Wildman–Crippen LogP) is 2.01. The van der Waals surface area contributed by atoms with Crippen molar-refractivity contribution >= 4 is 23.8 Å². The van der Waals surface area contributed by atoms with Gasteiger partial charge in [-0.15, -0.1) is 0 Å². The average molecular weight is 182 g/mol. The normalized spacial score (nSPS) is 9.50. The number of amides is 1. The summed E-state index contributed by atoms with van der Waals surface area (Å²) in [5.74, 6) is -0.0834. The largest absolute Gasteiger partial charge is 0.351 e. The standard InChI is InChI=1S/C8H10N2OS/c1-5-3-7(10-6(2)11)4-9-8(5)12/h3-4H,1-2H3,(H,9,12)(H,10,11). The molecule has 1 heterocycles. The number of pyridine rings is 1. The molecule has 1 aromatic heterocycles. The maximum Gasteiger partial charge on any atom is 0.221 e. The van der Waals surface area contributed by atoms with Crippen molar-refractivity contribution in [1.29, 1.82) is 0 Å². The van der Waals surface area contributed by atoms with Crippen molar-refractivity contribution in [3.63, 3.8) is 0 Å². The van der Waals surface area contributed by atoms with Gasteiger partial charge in [0.25, 0.3) is 0 Å². The van der Waals surface area contributed by atoms with Crippen LogP contribution in [0, 0.1) is 11.6 Å². The molecule has 1 rings (SSSR count). The molecule has 64 valence electrons. The lowest BCUT2D eigenvalue weighted by Crippen LogP contribution is -2.06. The van der Waals surface area contributed by atoms with Crippen molar-refractivity contribution in [2.75, 3.05) is 5.32 Å². The molecule has 1 amide bonds. The molecule has 0 radical (unpaired) electrons. The fraction of sp³-hybridized carbons (Fsp3) is 0.250. The number of aryl methyl sites for hydroxylation is 1. The number of H-pyrrole nitrogens is 1. The van der Waals surface area contributed by atoms with Gasteiger partial charge in [-0.1, -0.05) is 12.2 Å². The minimum absolute atomic E-state index is 0.0834. The van der Waals surface area contributed by atoms with E-state index in [0.717, 1.165) is 11.3 Å². The smallest absolute Gasteiger partial charge is 0.221 e. The van der Waals surface area contributed by atoms with Crippen LogP contribution in [0.5, 0.6) is 0 Å². The molecule has 0 unspecified atom stereocenters. The number of nitrogens with one attached hydrogen (secondary N) is 2. The average Bonchev–Trinajstić information content (AvgIpc) is 1.96. The maximum atomic E-state index is 10.7. The molecule has 4 heteroatoms. The van der Waals surface area contributed by atoms with Gasteiger partial charge in [-0.25, -0.2) is 0 Å². The van der Waals surface area contributed by atoms with Crippen molar-refractivity contribution in [2.24, 2.45) is 0 Å². The highest BCUT2D eigenvalue weighted by Crippen LogP contribution is 2.08. The van der Waals surface area contributed by atoms with Crippen molar-refractivity contribution in [1.82, 2.24) is 4.98 Å². The molecule has 3 nitrogen and oxygen atoms in total. The van der Waals surface area contributed by atoms with Crippen LogP contribution >= 0.6 is 12.2 Å². The zero-order valence-electron chi connectivity index (χ0n) is 6.97. The number of anilines is 1. The van der Waals surface area contributed by atoms with Gasteiger partial charge in [0.05, 0.1) is 5.69 Å². The van der Waals surface area contributed by atoms with Gasteiger partial charge < -0.3 is 10.3 Å². The summed E-state index contributed by atoms with van der Waals surface area (Å²) in [6, 6.07) is 1.83. The van der Waals surface area contributed by atoms with Crippen LogP contribution in [0.15, 0.2) is 12.3 Å². The first kappa shape index (κ1) is 8.93. The third-order valence-electron chi connectivity index (χ3n) is 1.41. The zero-order chi connectivity index (χ0) is 9.14. The lowest BCUT2D eigenvalue weighted by Gasteiger charge is -2.01. The molecule has 0 atom stereocenters. The predicted molar refractivity (Wildman–Crippen MR) is 50.7 cm³/mol. The third-order valence-corrected chi connectivity index (χ3v) is 1.85. The van der Waals surface area contributed by atoms with Crippen molar-refractivity contribution in [2.45, 2.75) is 13.8 Å². The van der Waals surface area contributed by atoms with Crippen LogP contribution in [0.25, 0.3) is 0 Å². The Bertz CT molecular complexity index is 356. The summed E-state index contributed by atoms with van der Waals surface area (Å²) in [5, 5.41) is 2.66. The van der Waals surface area contributed by atoms with Crippen LogP contribution in [-0.4, -0.2) is 10.9 Å². The SMILES string of the molecule is CC(=O)Nc1c[nH]c(=S)c(C)c1. The van der Waals surface area contributed by atoms with Gasteiger partial charge in [0.1, 0.15) is 4.64 Å². The molecule has 0 bridgehead atoms. The molecule has 12 heavy (non-hydrogen) atoms. The van der Waals surface area contributed by atoms with E-state index in [1.807, 2.05) is 13.0 Å². The fourth-order valence-corrected chi connectivity index (χ4v) is 0.991. The molecule has 0 saturated heterocycles. The van der Waals surface area contributed by atoms with Gasteiger partial charge in [0.15, 0.2) is 0 Å². The molecule has 0 aliphatic rings. The Kier molecular flexibility index (Phi) is 2.60. The van der Waals surface area contributed by atoms with E-state index < -0.39 is 0 Å². The molecule has 0 aliphatic heterocycles. The van der Waals surface area contributed by atoms with Gasteiger partial charge >= 0.3 is 0 Å². The number of rotatable bonds is 1. The second-order valence-electron chi connectivity index (χ2n) is 2.58. The highest BCUT2D eigenvalue weighted by atomic mass is 32.1. The van der Waals surface area contributed by atoms with E-state index in [1.54, 1.807) is 6.20 Å². The lowest BCUT2D eigenvalue weighted by atomic mass is 10.3. The molecule has 0 saturated carbocycles. The summed E-state index contributed by atoms with van der Waals surface area (Å²) in [5.41, 5.74) is 1.70. The first-order chi connectivity index (χ1) is 5.59. The Morgan fingerprint density at radius 1 is 1.67 bits per heavy atom. The molecule has 1 aromatic rings. The molecule has 0 spiro atoms. The second kappa shape index (κ2) is 3.49. The molecular weight excluding hydrogens is 172 g/mol. The zero-order valence-corrected chi connectivity index (χ0v) is 7.79. The van der Waals surface area contributed by atoms with E-state index in [0.29, 0.717) is 4.64 Å². The van der Waals surface area contributed by atoms with Crippen molar-refractivity contribution in [3.8, 4) is 0 Å². The molecule has 0 aromatic carbocycles. The number of carbonyl (C=O) groups excluding carboxylic acids is 1. The number of hydrogen-bond acceptors (Lipinski definition) is 2. The van der Waals surface area contributed by atoms with Crippen molar-refractivity contribution in [3.05, 3.63) is 22.5 Å². The van der Waals surface area contributed by atoms with Crippen LogP contribution in [-0.2, 0) is 4.79 Å². The summed E-state index contributed by atoms with van der Waals surface area (Å²) in [6.07, 6.45) is 1.68. The van der Waals surface area contributed by atoms with Gasteiger partial charge in [-0.05, 0) is 18.6 Å². The van der Waals surface area contributed by atoms with E-state index in [-0.39, 0.29) is 5.91 Å². The van der Waals surface area contributed by atoms with Gasteiger partial charge in [0, 0.05) is 13.1 Å². The summed E-state index contributed by atoms with van der Waals surface area (Å²) in [6.45, 7) is 3.36. The Hall–Kier alpha value is -1.16. The van der Waals surface area contributed by atoms with E-state index in [9.17, 15) is 4.79 Å². The molecule has 2 N–H and O–H groups in total. The first-order valence-electron chi connectivity index (χ1n) is 3.56. The minimum Gasteiger partial charge on any atom is -0.351 e. The van der Waals surface area contributed by atoms with E-state index >= 15 is 0 Å². The van der Waals surface area contributed by atoms with Crippen molar-refractivity contribution < 1.29 is 4.79 Å². The summed E-state index contributed by atoms with van der Waals surface area (Å²) in [7, 11) is 0. The van der Waals surface area contributed by atoms with E-state index in [4.69, 9.17) is 12.2 Å². The number of hydrogen-bond donors (Lipinski definition) is 2. The summed E-state index contributed by atoms with van der Waals surface area (Å²) in [4.78, 5) is 13.5. The number of aromatic nitrogens is 1. The lowest BCUT2D eigenvalue weighted by molar-refractivity contribution is -0.114. The Morgan fingerprint density at radius 3 is 2.83 bits per heavy atom. The Morgan fingerprint density at radius 2 is 2.33 bits per heavy atom. The first-order valence-corrected chi connectivity index (χ1v) is 3.97. The second-order valence-corrected chi connectivity index (χ2v) is 2.99. The molecule has 0 aliphatic carbocycles. The van der Waals surface area contributed by atoms with Crippen LogP contribution in [0.2, 0.25) is 0 Å². The molecular formula is C8H10N2OS. The summed E-state index contributed by atoms with van der Waals surface area (Å²) < 4.78 is 0.698. The quantitative estimate of drug-likeness (QED) is 0.652. The number of carbonyl (C=O) groups is 1. The van der Waals surface area contributed by atoms with Gasteiger partial charge in [-0.3, -0.25) is 4.79 Å². The van der Waals surface area contributed by atoms with E-state index in [1.165, 1.54) is 6.92 Å². The highest BCUT2D eigenvalue weighted by molar-refractivity contribution is 7.71. The molecule has 0 fully saturated rings. The van der Waals surface area contributed by atoms with E-state index in [2.05, 4.69) is 10.3 Å². The van der Waals surface area contributed by atoms with Crippen LogP contribution in [0.3, 0.4) is 0 Å². The third kappa shape index (κ3) is 2.17. The minimum atomic E-state index is -0.0834. The van der Waals surface area contributed by atoms with Crippen LogP contribution in [0.1, 0.15) is 12.5 Å². The van der Waals surface area contributed by atoms with Gasteiger partial charge in [-0.2, -0.15) is 0 Å². The topological polar surface area (TPSA) is 44.9 Å². The van der Waals surface area contributed by atoms with Crippen LogP contribution in [0.4, 0.5) is 5.69 Å². The Labute approximate surface area is 75.8 Å².